The van der Waals surface area contributed by atoms with Gasteiger partial charge in [-0.05, 0) is 56.5 Å². The van der Waals surface area contributed by atoms with E-state index in [4.69, 9.17) is 11.6 Å². The monoisotopic (exact) mass is 419 g/mol. The maximum absolute atomic E-state index is 12.3. The molecule has 150 valence electrons. The molecule has 1 saturated heterocycles. The Morgan fingerprint density at radius 2 is 1.96 bits per heavy atom. The molecule has 28 heavy (non-hydrogen) atoms. The summed E-state index contributed by atoms with van der Waals surface area (Å²) in [7, 11) is 0. The van der Waals surface area contributed by atoms with Crippen molar-refractivity contribution in [3.8, 4) is 0 Å². The molecular weight excluding hydrogens is 394 g/mol. The summed E-state index contributed by atoms with van der Waals surface area (Å²) in [5.41, 5.74) is 1.94. The summed E-state index contributed by atoms with van der Waals surface area (Å²) in [4.78, 5) is 27.8. The van der Waals surface area contributed by atoms with Crippen molar-refractivity contribution in [1.29, 1.82) is 0 Å². The Labute approximate surface area is 175 Å². The lowest BCUT2D eigenvalue weighted by molar-refractivity contribution is -0.122. The summed E-state index contributed by atoms with van der Waals surface area (Å²) in [6.07, 6.45) is 3.72. The van der Waals surface area contributed by atoms with Gasteiger partial charge in [-0.3, -0.25) is 9.59 Å². The van der Waals surface area contributed by atoms with Gasteiger partial charge in [0.2, 0.25) is 11.8 Å². The summed E-state index contributed by atoms with van der Waals surface area (Å²) < 4.78 is 0.731. The summed E-state index contributed by atoms with van der Waals surface area (Å²) in [5, 5.41) is 5.83. The Kier molecular flexibility index (Phi) is 7.34. The van der Waals surface area contributed by atoms with E-state index in [9.17, 15) is 9.59 Å². The first-order valence-corrected chi connectivity index (χ1v) is 10.9. The van der Waals surface area contributed by atoms with E-state index < -0.39 is 0 Å². The van der Waals surface area contributed by atoms with Crippen LogP contribution in [0, 0.1) is 0 Å². The van der Waals surface area contributed by atoms with Crippen LogP contribution in [0.4, 0.5) is 11.4 Å². The summed E-state index contributed by atoms with van der Waals surface area (Å²) >= 11 is 7.39. The predicted octanol–water partition coefficient (Wildman–Crippen LogP) is 4.47. The van der Waals surface area contributed by atoms with Crippen LogP contribution in [0.15, 0.2) is 36.4 Å². The molecule has 0 radical (unpaired) electrons. The van der Waals surface area contributed by atoms with Crippen LogP contribution in [0.5, 0.6) is 0 Å². The second-order valence-electron chi connectivity index (χ2n) is 7.17. The molecule has 1 aliphatic rings. The second-order valence-corrected chi connectivity index (χ2v) is 8.97. The molecule has 7 heteroatoms. The van der Waals surface area contributed by atoms with Crippen molar-refractivity contribution in [2.75, 3.05) is 23.3 Å². The number of benzene rings is 1. The standard InChI is InChI=1S/C21H26ClN3O2S/c1-15(23-20(26)10-8-18-7-9-19(22)28-18)13-21(27)24-16-5-4-6-17(14-16)25-11-2-3-12-25/h4-7,9,14-15H,2-3,8,10-13H2,1H3,(H,23,26)(H,24,27). The van der Waals surface area contributed by atoms with Gasteiger partial charge in [-0.15, -0.1) is 11.3 Å². The fraction of sp³-hybridized carbons (Fsp3) is 0.429. The van der Waals surface area contributed by atoms with Gasteiger partial charge in [-0.2, -0.15) is 0 Å². The molecule has 1 unspecified atom stereocenters. The molecule has 0 bridgehead atoms. The van der Waals surface area contributed by atoms with Crippen LogP contribution in [0.25, 0.3) is 0 Å². The van der Waals surface area contributed by atoms with Crippen molar-refractivity contribution in [2.24, 2.45) is 0 Å². The van der Waals surface area contributed by atoms with Crippen molar-refractivity contribution in [3.63, 3.8) is 0 Å². The highest BCUT2D eigenvalue weighted by molar-refractivity contribution is 7.16. The number of hydrogen-bond acceptors (Lipinski definition) is 4. The normalized spacial score (nSPS) is 14.7. The van der Waals surface area contributed by atoms with Gasteiger partial charge in [-0.1, -0.05) is 17.7 Å². The second kappa shape index (κ2) is 9.94. The molecule has 1 atom stereocenters. The van der Waals surface area contributed by atoms with E-state index in [0.717, 1.165) is 33.7 Å². The molecular formula is C21H26ClN3O2S. The Balaban J connectivity index is 1.42. The van der Waals surface area contributed by atoms with E-state index in [1.54, 1.807) is 0 Å². The lowest BCUT2D eigenvalue weighted by Gasteiger charge is -2.19. The van der Waals surface area contributed by atoms with E-state index in [2.05, 4.69) is 21.6 Å². The van der Waals surface area contributed by atoms with Crippen LogP contribution in [0.1, 0.15) is 37.5 Å². The molecule has 0 saturated carbocycles. The SMILES string of the molecule is CC(CC(=O)Nc1cccc(N2CCCC2)c1)NC(=O)CCc1ccc(Cl)s1. The molecule has 0 aliphatic carbocycles. The molecule has 3 rings (SSSR count). The van der Waals surface area contributed by atoms with Gasteiger partial charge in [-0.25, -0.2) is 0 Å². The lowest BCUT2D eigenvalue weighted by Crippen LogP contribution is -2.35. The quantitative estimate of drug-likeness (QED) is 0.663. The van der Waals surface area contributed by atoms with Crippen molar-refractivity contribution < 1.29 is 9.59 Å². The third-order valence-corrected chi connectivity index (χ3v) is 6.02. The van der Waals surface area contributed by atoms with Crippen LogP contribution < -0.4 is 15.5 Å². The van der Waals surface area contributed by atoms with Crippen molar-refractivity contribution in [2.45, 2.75) is 45.1 Å². The van der Waals surface area contributed by atoms with Gasteiger partial charge < -0.3 is 15.5 Å². The zero-order valence-corrected chi connectivity index (χ0v) is 17.6. The summed E-state index contributed by atoms with van der Waals surface area (Å²) in [6.45, 7) is 3.98. The maximum atomic E-state index is 12.3. The minimum absolute atomic E-state index is 0.0548. The Morgan fingerprint density at radius 1 is 1.18 bits per heavy atom. The number of aryl methyl sites for hydroxylation is 1. The van der Waals surface area contributed by atoms with E-state index in [-0.39, 0.29) is 24.3 Å². The van der Waals surface area contributed by atoms with Crippen LogP contribution in [-0.2, 0) is 16.0 Å². The van der Waals surface area contributed by atoms with Gasteiger partial charge in [0.05, 0.1) is 4.34 Å². The highest BCUT2D eigenvalue weighted by atomic mass is 35.5. The first-order chi connectivity index (χ1) is 13.5. The number of carbonyl (C=O) groups excluding carboxylic acids is 2. The van der Waals surface area contributed by atoms with Crippen LogP contribution in [0.3, 0.4) is 0 Å². The van der Waals surface area contributed by atoms with Crippen LogP contribution in [-0.4, -0.2) is 30.9 Å². The fourth-order valence-electron chi connectivity index (χ4n) is 3.37. The minimum Gasteiger partial charge on any atom is -0.371 e. The van der Waals surface area contributed by atoms with E-state index >= 15 is 0 Å². The molecule has 1 fully saturated rings. The number of carbonyl (C=O) groups is 2. The summed E-state index contributed by atoms with van der Waals surface area (Å²) in [5.74, 6) is -0.155. The fourth-order valence-corrected chi connectivity index (χ4v) is 4.45. The zero-order valence-electron chi connectivity index (χ0n) is 16.0. The van der Waals surface area contributed by atoms with Gasteiger partial charge in [0.25, 0.3) is 0 Å². The number of rotatable bonds is 8. The zero-order chi connectivity index (χ0) is 19.9. The van der Waals surface area contributed by atoms with Crippen LogP contribution in [0.2, 0.25) is 4.34 Å². The van der Waals surface area contributed by atoms with Gasteiger partial charge in [0.15, 0.2) is 0 Å². The number of nitrogens with zero attached hydrogens (tertiary/aromatic N) is 1. The lowest BCUT2D eigenvalue weighted by atomic mass is 10.2. The first-order valence-electron chi connectivity index (χ1n) is 9.68. The summed E-state index contributed by atoms with van der Waals surface area (Å²) in [6, 6.07) is 11.5. The number of hydrogen-bond donors (Lipinski definition) is 2. The average molecular weight is 420 g/mol. The van der Waals surface area contributed by atoms with Gasteiger partial charge in [0.1, 0.15) is 0 Å². The molecule has 1 aromatic carbocycles. The maximum Gasteiger partial charge on any atom is 0.226 e. The third kappa shape index (κ3) is 6.24. The molecule has 2 N–H and O–H groups in total. The number of thiophene rings is 1. The molecule has 2 amide bonds. The van der Waals surface area contributed by atoms with E-state index in [0.29, 0.717) is 12.8 Å². The highest BCUT2D eigenvalue weighted by Gasteiger charge is 2.15. The Bertz CT molecular complexity index is 817. The first kappa shape index (κ1) is 20.7. The Hall–Kier alpha value is -2.05. The van der Waals surface area contributed by atoms with Gasteiger partial charge >= 0.3 is 0 Å². The number of nitrogens with one attached hydrogen (secondary N) is 2. The minimum atomic E-state index is -0.221. The number of anilines is 2. The smallest absolute Gasteiger partial charge is 0.226 e. The van der Waals surface area contributed by atoms with Crippen molar-refractivity contribution in [3.05, 3.63) is 45.6 Å². The number of amides is 2. The molecule has 2 heterocycles. The molecule has 2 aromatic rings. The number of halogens is 1. The third-order valence-electron chi connectivity index (χ3n) is 4.73. The molecule has 5 nitrogen and oxygen atoms in total. The molecule has 1 aromatic heterocycles. The van der Waals surface area contributed by atoms with Crippen LogP contribution >= 0.6 is 22.9 Å². The van der Waals surface area contributed by atoms with E-state index in [1.165, 1.54) is 24.2 Å². The molecule has 1 aliphatic heterocycles. The average Bonchev–Trinajstić information content (AvgIpc) is 3.31. The predicted molar refractivity (Wildman–Crippen MR) is 116 cm³/mol. The highest BCUT2D eigenvalue weighted by Crippen LogP contribution is 2.24. The Morgan fingerprint density at radius 3 is 2.68 bits per heavy atom. The topological polar surface area (TPSA) is 61.4 Å². The van der Waals surface area contributed by atoms with Crippen molar-refractivity contribution >= 4 is 46.1 Å². The van der Waals surface area contributed by atoms with Gasteiger partial charge in [0, 0.05) is 48.2 Å². The largest absolute Gasteiger partial charge is 0.371 e. The van der Waals surface area contributed by atoms with Crippen molar-refractivity contribution in [1.82, 2.24) is 5.32 Å². The molecule has 0 spiro atoms. The van der Waals surface area contributed by atoms with E-state index in [1.807, 2.05) is 37.3 Å².